The molecule has 1 N–H and O–H groups in total. The molecule has 1 fully saturated rings. The molecule has 2 aliphatic rings. The molecule has 1 amide bonds. The van der Waals surface area contributed by atoms with Gasteiger partial charge in [-0.15, -0.1) is 0 Å². The van der Waals surface area contributed by atoms with E-state index in [0.29, 0.717) is 12.0 Å². The van der Waals surface area contributed by atoms with Gasteiger partial charge in [-0.1, -0.05) is 37.0 Å². The lowest BCUT2D eigenvalue weighted by molar-refractivity contribution is -0.124. The molecule has 2 atom stereocenters. The van der Waals surface area contributed by atoms with E-state index in [1.165, 1.54) is 24.0 Å². The van der Waals surface area contributed by atoms with Crippen LogP contribution in [0.15, 0.2) is 12.1 Å². The fourth-order valence-electron chi connectivity index (χ4n) is 4.00. The first kappa shape index (κ1) is 18.0. The largest absolute Gasteiger partial charge is 0.356 e. The van der Waals surface area contributed by atoms with Gasteiger partial charge in [-0.05, 0) is 61.4 Å². The van der Waals surface area contributed by atoms with Crippen molar-refractivity contribution in [3.63, 3.8) is 0 Å². The first-order chi connectivity index (χ1) is 11.5. The van der Waals surface area contributed by atoms with Gasteiger partial charge >= 0.3 is 0 Å². The van der Waals surface area contributed by atoms with Crippen LogP contribution in [0.3, 0.4) is 0 Å². The number of rotatable bonds is 4. The van der Waals surface area contributed by atoms with E-state index in [4.69, 9.17) is 23.2 Å². The summed E-state index contributed by atoms with van der Waals surface area (Å²) in [5, 5.41) is 4.62. The van der Waals surface area contributed by atoms with Crippen LogP contribution < -0.4 is 5.32 Å². The van der Waals surface area contributed by atoms with E-state index in [1.807, 2.05) is 19.9 Å². The zero-order valence-corrected chi connectivity index (χ0v) is 16.0. The molecular formula is C19H26Cl2N2O. The number of carbonyl (C=O) groups is 1. The van der Waals surface area contributed by atoms with Gasteiger partial charge in [0.15, 0.2) is 0 Å². The van der Waals surface area contributed by atoms with Gasteiger partial charge in [-0.3, -0.25) is 9.69 Å². The average molecular weight is 369 g/mol. The summed E-state index contributed by atoms with van der Waals surface area (Å²) < 4.78 is 0. The predicted molar refractivity (Wildman–Crippen MR) is 99.7 cm³/mol. The second-order valence-electron chi connectivity index (χ2n) is 7.41. The van der Waals surface area contributed by atoms with Gasteiger partial charge in [-0.25, -0.2) is 0 Å². The lowest BCUT2D eigenvalue weighted by atomic mass is 9.95. The van der Waals surface area contributed by atoms with E-state index in [2.05, 4.69) is 16.3 Å². The third kappa shape index (κ3) is 3.89. The Morgan fingerprint density at radius 3 is 2.88 bits per heavy atom. The van der Waals surface area contributed by atoms with Crippen LogP contribution in [-0.2, 0) is 11.2 Å². The number of piperidine rings is 1. The van der Waals surface area contributed by atoms with E-state index in [-0.39, 0.29) is 11.8 Å². The number of nitrogens with zero attached hydrogens (tertiary/aromatic N) is 1. The SMILES string of the molecule is CC(C)C(=O)NC[C@@H]1CCCN([C@@H]2CCc3c(Cl)cc(Cl)cc32)C1. The Morgan fingerprint density at radius 2 is 2.12 bits per heavy atom. The highest BCUT2D eigenvalue weighted by Gasteiger charge is 2.32. The van der Waals surface area contributed by atoms with Crippen molar-refractivity contribution in [3.05, 3.63) is 33.3 Å². The first-order valence-electron chi connectivity index (χ1n) is 8.95. The van der Waals surface area contributed by atoms with Crippen molar-refractivity contribution in [3.8, 4) is 0 Å². The van der Waals surface area contributed by atoms with Gasteiger partial charge in [0.1, 0.15) is 0 Å². The summed E-state index contributed by atoms with van der Waals surface area (Å²) >= 11 is 12.6. The van der Waals surface area contributed by atoms with Crippen LogP contribution in [0, 0.1) is 11.8 Å². The van der Waals surface area contributed by atoms with Crippen LogP contribution in [0.4, 0.5) is 0 Å². The third-order valence-corrected chi connectivity index (χ3v) is 5.86. The molecule has 1 heterocycles. The van der Waals surface area contributed by atoms with Crippen molar-refractivity contribution in [2.75, 3.05) is 19.6 Å². The highest BCUT2D eigenvalue weighted by molar-refractivity contribution is 6.35. The van der Waals surface area contributed by atoms with Crippen LogP contribution in [0.2, 0.25) is 10.0 Å². The number of halogens is 2. The molecule has 132 valence electrons. The number of carbonyl (C=O) groups excluding carboxylic acids is 1. The number of hydrogen-bond donors (Lipinski definition) is 1. The Morgan fingerprint density at radius 1 is 1.33 bits per heavy atom. The lowest BCUT2D eigenvalue weighted by Crippen LogP contribution is -2.42. The van der Waals surface area contributed by atoms with Crippen LogP contribution in [0.1, 0.15) is 50.3 Å². The normalized spacial score (nSPS) is 24.2. The molecule has 1 aromatic rings. The number of nitrogens with one attached hydrogen (secondary N) is 1. The maximum absolute atomic E-state index is 11.8. The van der Waals surface area contributed by atoms with Gasteiger partial charge in [0.25, 0.3) is 0 Å². The van der Waals surface area contributed by atoms with Crippen LogP contribution in [0.25, 0.3) is 0 Å². The number of hydrogen-bond acceptors (Lipinski definition) is 2. The molecule has 0 bridgehead atoms. The van der Waals surface area contributed by atoms with Crippen molar-refractivity contribution >= 4 is 29.1 Å². The molecule has 0 unspecified atom stereocenters. The summed E-state index contributed by atoms with van der Waals surface area (Å²) in [4.78, 5) is 14.4. The predicted octanol–water partition coefficient (Wildman–Crippen LogP) is 4.46. The molecule has 5 heteroatoms. The van der Waals surface area contributed by atoms with Crippen molar-refractivity contribution in [2.24, 2.45) is 11.8 Å². The Bertz CT molecular complexity index is 618. The summed E-state index contributed by atoms with van der Waals surface area (Å²) in [5.41, 5.74) is 2.57. The Labute approximate surface area is 154 Å². The Kier molecular flexibility index (Phi) is 5.74. The molecule has 24 heavy (non-hydrogen) atoms. The van der Waals surface area contributed by atoms with E-state index in [1.54, 1.807) is 0 Å². The highest BCUT2D eigenvalue weighted by atomic mass is 35.5. The fraction of sp³-hybridized carbons (Fsp3) is 0.632. The minimum absolute atomic E-state index is 0.0516. The van der Waals surface area contributed by atoms with E-state index in [9.17, 15) is 4.79 Å². The molecule has 1 aliphatic heterocycles. The topological polar surface area (TPSA) is 32.3 Å². The molecule has 0 radical (unpaired) electrons. The quantitative estimate of drug-likeness (QED) is 0.850. The Balaban J connectivity index is 1.66. The highest BCUT2D eigenvalue weighted by Crippen LogP contribution is 2.42. The monoisotopic (exact) mass is 368 g/mol. The van der Waals surface area contributed by atoms with Gasteiger partial charge in [-0.2, -0.15) is 0 Å². The smallest absolute Gasteiger partial charge is 0.222 e. The standard InChI is InChI=1S/C19H26Cl2N2O/c1-12(2)19(24)22-10-13-4-3-7-23(11-13)18-6-5-15-16(18)8-14(20)9-17(15)21/h8-9,12-13,18H,3-7,10-11H2,1-2H3,(H,22,24)/t13-,18+/m0/s1. The lowest BCUT2D eigenvalue weighted by Gasteiger charge is -2.37. The summed E-state index contributed by atoms with van der Waals surface area (Å²) in [6.07, 6.45) is 4.51. The molecular weight excluding hydrogens is 343 g/mol. The third-order valence-electron chi connectivity index (χ3n) is 5.30. The van der Waals surface area contributed by atoms with E-state index in [0.717, 1.165) is 42.5 Å². The summed E-state index contributed by atoms with van der Waals surface area (Å²) in [5.74, 6) is 0.729. The summed E-state index contributed by atoms with van der Waals surface area (Å²) in [6, 6.07) is 4.36. The molecule has 3 rings (SSSR count). The molecule has 0 spiro atoms. The fourth-order valence-corrected chi connectivity index (χ4v) is 4.60. The maximum atomic E-state index is 11.8. The molecule has 0 aromatic heterocycles. The molecule has 1 saturated heterocycles. The second-order valence-corrected chi connectivity index (χ2v) is 8.26. The van der Waals surface area contributed by atoms with Crippen molar-refractivity contribution in [2.45, 2.75) is 45.6 Å². The number of fused-ring (bicyclic) bond motifs is 1. The van der Waals surface area contributed by atoms with Gasteiger partial charge in [0.2, 0.25) is 5.91 Å². The average Bonchev–Trinajstić information content (AvgIpc) is 2.96. The van der Waals surface area contributed by atoms with Crippen LogP contribution in [0.5, 0.6) is 0 Å². The number of amides is 1. The van der Waals surface area contributed by atoms with Gasteiger partial charge in [0, 0.05) is 35.1 Å². The first-order valence-corrected chi connectivity index (χ1v) is 9.71. The number of likely N-dealkylation sites (tertiary alicyclic amines) is 1. The summed E-state index contributed by atoms with van der Waals surface area (Å²) in [7, 11) is 0. The van der Waals surface area contributed by atoms with Crippen molar-refractivity contribution < 1.29 is 4.79 Å². The molecule has 1 aromatic carbocycles. The van der Waals surface area contributed by atoms with Gasteiger partial charge in [0.05, 0.1) is 0 Å². The van der Waals surface area contributed by atoms with Gasteiger partial charge < -0.3 is 5.32 Å². The molecule has 3 nitrogen and oxygen atoms in total. The molecule has 0 saturated carbocycles. The summed E-state index contributed by atoms with van der Waals surface area (Å²) in [6.45, 7) is 6.80. The van der Waals surface area contributed by atoms with Crippen molar-refractivity contribution in [1.29, 1.82) is 0 Å². The Hall–Kier alpha value is -0.770. The zero-order valence-electron chi connectivity index (χ0n) is 14.4. The zero-order chi connectivity index (χ0) is 17.3. The number of benzene rings is 1. The second kappa shape index (κ2) is 7.63. The van der Waals surface area contributed by atoms with E-state index < -0.39 is 0 Å². The maximum Gasteiger partial charge on any atom is 0.222 e. The molecule has 1 aliphatic carbocycles. The van der Waals surface area contributed by atoms with Crippen LogP contribution in [-0.4, -0.2) is 30.4 Å². The van der Waals surface area contributed by atoms with Crippen molar-refractivity contribution in [1.82, 2.24) is 10.2 Å². The minimum atomic E-state index is 0.0516. The van der Waals surface area contributed by atoms with Crippen LogP contribution >= 0.6 is 23.2 Å². The minimum Gasteiger partial charge on any atom is -0.356 e. The van der Waals surface area contributed by atoms with E-state index >= 15 is 0 Å².